The first-order valence-corrected chi connectivity index (χ1v) is 8.76. The Morgan fingerprint density at radius 1 is 1.27 bits per heavy atom. The van der Waals surface area contributed by atoms with Crippen LogP contribution in [-0.2, 0) is 10.0 Å². The van der Waals surface area contributed by atoms with Gasteiger partial charge in [0.05, 0.1) is 23.8 Å². The van der Waals surface area contributed by atoms with Crippen LogP contribution in [0.3, 0.4) is 0 Å². The quantitative estimate of drug-likeness (QED) is 0.810. The van der Waals surface area contributed by atoms with Crippen molar-refractivity contribution < 1.29 is 17.9 Å². The summed E-state index contributed by atoms with van der Waals surface area (Å²) in [4.78, 5) is 0.102. The maximum Gasteiger partial charge on any atom is 0.240 e. The summed E-state index contributed by atoms with van der Waals surface area (Å²) in [5.41, 5.74) is 0. The monoisotopic (exact) mass is 343 g/mol. The molecule has 0 aliphatic rings. The van der Waals surface area contributed by atoms with Gasteiger partial charge in [0.25, 0.3) is 0 Å². The van der Waals surface area contributed by atoms with Crippen molar-refractivity contribution in [3.8, 4) is 0 Å². The van der Waals surface area contributed by atoms with E-state index in [0.717, 1.165) is 0 Å². The van der Waals surface area contributed by atoms with E-state index in [2.05, 4.69) is 4.72 Å². The Hall–Kier alpha value is -1.34. The summed E-state index contributed by atoms with van der Waals surface area (Å²) in [6.45, 7) is 1.58. The lowest BCUT2D eigenvalue weighted by Crippen LogP contribution is -2.41. The van der Waals surface area contributed by atoms with E-state index in [1.165, 1.54) is 30.5 Å². The summed E-state index contributed by atoms with van der Waals surface area (Å²) in [6.07, 6.45) is 2.15. The van der Waals surface area contributed by atoms with Gasteiger partial charge in [0.2, 0.25) is 10.0 Å². The number of sulfonamides is 1. The van der Waals surface area contributed by atoms with Crippen molar-refractivity contribution in [2.45, 2.75) is 30.2 Å². The van der Waals surface area contributed by atoms with Gasteiger partial charge in [-0.2, -0.15) is 0 Å². The number of hydrogen-bond donors (Lipinski definition) is 2. The number of hydrogen-bond acceptors (Lipinski definition) is 4. The van der Waals surface area contributed by atoms with Crippen molar-refractivity contribution in [1.29, 1.82) is 0 Å². The van der Waals surface area contributed by atoms with Gasteiger partial charge in [-0.05, 0) is 42.8 Å². The number of aliphatic hydroxyl groups excluding tert-OH is 1. The molecule has 0 spiro atoms. The third kappa shape index (κ3) is 3.89. The van der Waals surface area contributed by atoms with Crippen molar-refractivity contribution in [2.75, 3.05) is 6.61 Å². The number of aliphatic hydroxyl groups is 1. The third-order valence-electron chi connectivity index (χ3n) is 3.46. The Labute approximate surface area is 135 Å². The normalized spacial score (nSPS) is 14.7. The van der Waals surface area contributed by atoms with Gasteiger partial charge in [0, 0.05) is 10.9 Å². The van der Waals surface area contributed by atoms with Crippen LogP contribution >= 0.6 is 11.6 Å². The van der Waals surface area contributed by atoms with E-state index < -0.39 is 16.1 Å². The maximum atomic E-state index is 12.4. The number of halogens is 1. The zero-order chi connectivity index (χ0) is 16.2. The second-order valence-electron chi connectivity index (χ2n) is 4.89. The first-order chi connectivity index (χ1) is 10.5. The van der Waals surface area contributed by atoms with Crippen molar-refractivity contribution in [1.82, 2.24) is 4.72 Å². The largest absolute Gasteiger partial charge is 0.469 e. The summed E-state index contributed by atoms with van der Waals surface area (Å²) < 4.78 is 32.7. The minimum Gasteiger partial charge on any atom is -0.469 e. The molecule has 1 aromatic carbocycles. The van der Waals surface area contributed by atoms with Crippen molar-refractivity contribution in [2.24, 2.45) is 0 Å². The lowest BCUT2D eigenvalue weighted by Gasteiger charge is -2.23. The fourth-order valence-electron chi connectivity index (χ4n) is 2.31. The van der Waals surface area contributed by atoms with Crippen LogP contribution in [0.1, 0.15) is 25.0 Å². The van der Waals surface area contributed by atoms with Crippen molar-refractivity contribution in [3.05, 3.63) is 53.4 Å². The molecule has 7 heteroatoms. The third-order valence-corrected chi connectivity index (χ3v) is 5.22. The Morgan fingerprint density at radius 2 is 1.95 bits per heavy atom. The summed E-state index contributed by atoms with van der Waals surface area (Å²) in [7, 11) is -3.74. The van der Waals surface area contributed by atoms with E-state index >= 15 is 0 Å². The summed E-state index contributed by atoms with van der Waals surface area (Å²) >= 11 is 5.77. The molecule has 120 valence electrons. The second kappa shape index (κ2) is 7.28. The molecule has 2 rings (SSSR count). The molecule has 2 atom stereocenters. The van der Waals surface area contributed by atoms with Crippen LogP contribution in [0.2, 0.25) is 5.02 Å². The Balaban J connectivity index is 2.23. The van der Waals surface area contributed by atoms with Crippen molar-refractivity contribution in [3.63, 3.8) is 0 Å². The summed E-state index contributed by atoms with van der Waals surface area (Å²) in [6, 6.07) is 8.70. The van der Waals surface area contributed by atoms with E-state index in [1.54, 1.807) is 12.1 Å². The van der Waals surface area contributed by atoms with Crippen LogP contribution in [0.4, 0.5) is 0 Å². The van der Waals surface area contributed by atoms with Crippen LogP contribution in [0, 0.1) is 0 Å². The lowest BCUT2D eigenvalue weighted by molar-refractivity contribution is 0.227. The smallest absolute Gasteiger partial charge is 0.240 e. The van der Waals surface area contributed by atoms with Crippen LogP contribution in [0.25, 0.3) is 0 Å². The molecule has 0 aliphatic heterocycles. The van der Waals surface area contributed by atoms with Crippen LogP contribution < -0.4 is 4.72 Å². The molecule has 0 saturated heterocycles. The van der Waals surface area contributed by atoms with E-state index in [-0.39, 0.29) is 17.4 Å². The second-order valence-corrected chi connectivity index (χ2v) is 7.04. The minimum absolute atomic E-state index is 0.102. The SMILES string of the molecule is CCC(c1ccco1)C(CO)NS(=O)(=O)c1ccc(Cl)cc1. The van der Waals surface area contributed by atoms with Gasteiger partial charge in [-0.15, -0.1) is 0 Å². The summed E-state index contributed by atoms with van der Waals surface area (Å²) in [5.74, 6) is 0.391. The van der Waals surface area contributed by atoms with Gasteiger partial charge < -0.3 is 9.52 Å². The molecule has 22 heavy (non-hydrogen) atoms. The number of rotatable bonds is 7. The molecule has 1 aromatic heterocycles. The first-order valence-electron chi connectivity index (χ1n) is 6.90. The molecule has 5 nitrogen and oxygen atoms in total. The highest BCUT2D eigenvalue weighted by molar-refractivity contribution is 7.89. The molecule has 1 heterocycles. The predicted octanol–water partition coefficient (Wildman–Crippen LogP) is 2.77. The molecular formula is C15H18ClNO4S. The van der Waals surface area contributed by atoms with Gasteiger partial charge in [0.1, 0.15) is 5.76 Å². The predicted molar refractivity (Wildman–Crippen MR) is 84.4 cm³/mol. The molecule has 0 fully saturated rings. The lowest BCUT2D eigenvalue weighted by atomic mass is 9.95. The fourth-order valence-corrected chi connectivity index (χ4v) is 3.71. The highest BCUT2D eigenvalue weighted by Gasteiger charge is 2.28. The Morgan fingerprint density at radius 3 is 2.45 bits per heavy atom. The van der Waals surface area contributed by atoms with E-state index in [0.29, 0.717) is 17.2 Å². The van der Waals surface area contributed by atoms with E-state index in [4.69, 9.17) is 16.0 Å². The van der Waals surface area contributed by atoms with Crippen LogP contribution in [0.15, 0.2) is 52.0 Å². The Bertz CT molecular complexity index is 683. The molecule has 0 aliphatic carbocycles. The molecule has 2 aromatic rings. The van der Waals surface area contributed by atoms with Gasteiger partial charge in [-0.1, -0.05) is 18.5 Å². The molecule has 0 radical (unpaired) electrons. The van der Waals surface area contributed by atoms with Gasteiger partial charge in [0.15, 0.2) is 0 Å². The highest BCUT2D eigenvalue weighted by Crippen LogP contribution is 2.25. The molecule has 0 bridgehead atoms. The van der Waals surface area contributed by atoms with E-state index in [1.807, 2.05) is 6.92 Å². The van der Waals surface area contributed by atoms with Crippen molar-refractivity contribution >= 4 is 21.6 Å². The zero-order valence-electron chi connectivity index (χ0n) is 12.1. The zero-order valence-corrected chi connectivity index (χ0v) is 13.6. The van der Waals surface area contributed by atoms with Gasteiger partial charge in [-0.25, -0.2) is 13.1 Å². The Kier molecular flexibility index (Phi) is 5.63. The number of nitrogens with one attached hydrogen (secondary N) is 1. The standard InChI is InChI=1S/C15H18ClNO4S/c1-2-13(15-4-3-9-21-15)14(10-18)17-22(19,20)12-7-5-11(16)6-8-12/h3-9,13-14,17-18H,2,10H2,1H3. The van der Waals surface area contributed by atoms with Crippen LogP contribution in [0.5, 0.6) is 0 Å². The molecule has 0 amide bonds. The topological polar surface area (TPSA) is 79.5 Å². The molecular weight excluding hydrogens is 326 g/mol. The van der Waals surface area contributed by atoms with Crippen LogP contribution in [-0.4, -0.2) is 26.2 Å². The average molecular weight is 344 g/mol. The summed E-state index contributed by atoms with van der Waals surface area (Å²) in [5, 5.41) is 10.0. The maximum absolute atomic E-state index is 12.4. The fraction of sp³-hybridized carbons (Fsp3) is 0.333. The molecule has 0 saturated carbocycles. The van der Waals surface area contributed by atoms with E-state index in [9.17, 15) is 13.5 Å². The number of benzene rings is 1. The first kappa shape index (κ1) is 17.0. The molecule has 2 unspecified atom stereocenters. The van der Waals surface area contributed by atoms with Gasteiger partial charge >= 0.3 is 0 Å². The van der Waals surface area contributed by atoms with Gasteiger partial charge in [-0.3, -0.25) is 0 Å². The molecule has 2 N–H and O–H groups in total. The number of furan rings is 1. The highest BCUT2D eigenvalue weighted by atomic mass is 35.5. The average Bonchev–Trinajstić information content (AvgIpc) is 3.01. The minimum atomic E-state index is -3.74.